The summed E-state index contributed by atoms with van der Waals surface area (Å²) in [6, 6.07) is 0. The van der Waals surface area contributed by atoms with Crippen LogP contribution in [0.25, 0.3) is 0 Å². The molecule has 1 unspecified atom stereocenters. The van der Waals surface area contributed by atoms with Gasteiger partial charge in [-0.25, -0.2) is 0 Å². The van der Waals surface area contributed by atoms with E-state index in [0.717, 1.165) is 12.3 Å². The fraction of sp³-hybridized carbons (Fsp3) is 0.455. The molecule has 0 fully saturated rings. The van der Waals surface area contributed by atoms with Crippen molar-refractivity contribution < 1.29 is 0 Å². The molecule has 2 aliphatic carbocycles. The molecule has 0 spiro atoms. The minimum atomic E-state index is 0.199. The Labute approximate surface area is 78.6 Å². The van der Waals surface area contributed by atoms with E-state index in [2.05, 4.69) is 32.1 Å². The zero-order chi connectivity index (χ0) is 8.77. The first-order chi connectivity index (χ1) is 5.67. The highest BCUT2D eigenvalue weighted by atomic mass is 35.5. The minimum absolute atomic E-state index is 0.199. The predicted octanol–water partition coefficient (Wildman–Crippen LogP) is 3.45. The van der Waals surface area contributed by atoms with Crippen molar-refractivity contribution in [3.8, 4) is 0 Å². The number of alkyl halides is 1. The van der Waals surface area contributed by atoms with E-state index in [1.54, 1.807) is 0 Å². The van der Waals surface area contributed by atoms with Crippen LogP contribution in [0.1, 0.15) is 20.3 Å². The molecule has 0 heterocycles. The lowest BCUT2D eigenvalue weighted by atomic mass is 9.84. The molecule has 2 aliphatic rings. The van der Waals surface area contributed by atoms with Gasteiger partial charge in [-0.15, -0.1) is 11.6 Å². The smallest absolute Gasteiger partial charge is 0.0321 e. The van der Waals surface area contributed by atoms with Crippen molar-refractivity contribution in [1.82, 2.24) is 0 Å². The summed E-state index contributed by atoms with van der Waals surface area (Å²) in [5.74, 6) is 0.724. The summed E-state index contributed by atoms with van der Waals surface area (Å²) in [4.78, 5) is 0. The van der Waals surface area contributed by atoms with E-state index in [1.165, 1.54) is 16.7 Å². The Balaban J connectivity index is 2.44. The Morgan fingerprint density at radius 3 is 3.00 bits per heavy atom. The highest BCUT2D eigenvalue weighted by molar-refractivity contribution is 6.18. The van der Waals surface area contributed by atoms with Crippen LogP contribution in [0.4, 0.5) is 0 Å². The summed E-state index contributed by atoms with van der Waals surface area (Å²) in [5, 5.41) is 0. The number of hydrogen-bond donors (Lipinski definition) is 0. The average Bonchev–Trinajstić information content (AvgIpc) is 2.58. The molecule has 64 valence electrons. The third kappa shape index (κ3) is 0.910. The standard InChI is InChI=1S/C11H13Cl/c1-8-6-11(2,7-12)10-5-3-4-9(8)10/h3-5H,6-7H2,1-2H3. The van der Waals surface area contributed by atoms with Gasteiger partial charge in [0.1, 0.15) is 0 Å². The number of hydrogen-bond acceptors (Lipinski definition) is 0. The Morgan fingerprint density at radius 1 is 1.58 bits per heavy atom. The maximum atomic E-state index is 5.99. The maximum absolute atomic E-state index is 5.99. The minimum Gasteiger partial charge on any atom is -0.126 e. The zero-order valence-electron chi connectivity index (χ0n) is 7.52. The molecule has 2 rings (SSSR count). The van der Waals surface area contributed by atoms with Crippen molar-refractivity contribution >= 4 is 11.6 Å². The molecule has 1 heteroatoms. The van der Waals surface area contributed by atoms with Crippen molar-refractivity contribution in [2.24, 2.45) is 5.41 Å². The van der Waals surface area contributed by atoms with Crippen molar-refractivity contribution in [3.63, 3.8) is 0 Å². The fourth-order valence-electron chi connectivity index (χ4n) is 2.21. The van der Waals surface area contributed by atoms with Crippen LogP contribution < -0.4 is 0 Å². The van der Waals surface area contributed by atoms with Crippen LogP contribution in [0, 0.1) is 5.41 Å². The first kappa shape index (κ1) is 8.12. The van der Waals surface area contributed by atoms with Crippen LogP contribution in [0.3, 0.4) is 0 Å². The Kier molecular flexibility index (Phi) is 1.69. The molecule has 0 aliphatic heterocycles. The quantitative estimate of drug-likeness (QED) is 0.543. The number of fused-ring (bicyclic) bond motifs is 1. The highest BCUT2D eigenvalue weighted by Crippen LogP contribution is 2.49. The Hall–Kier alpha value is -0.490. The van der Waals surface area contributed by atoms with Gasteiger partial charge in [-0.2, -0.15) is 0 Å². The SMILES string of the molecule is CC1=C2C=CC=C2C(C)(CCl)C1. The molecule has 0 aromatic rings. The topological polar surface area (TPSA) is 0 Å². The molecule has 0 saturated heterocycles. The lowest BCUT2D eigenvalue weighted by Gasteiger charge is -2.22. The van der Waals surface area contributed by atoms with E-state index in [1.807, 2.05) is 0 Å². The molecule has 0 aromatic carbocycles. The van der Waals surface area contributed by atoms with E-state index >= 15 is 0 Å². The van der Waals surface area contributed by atoms with Crippen molar-refractivity contribution in [2.45, 2.75) is 20.3 Å². The third-order valence-electron chi connectivity index (χ3n) is 2.88. The average molecular weight is 181 g/mol. The van der Waals surface area contributed by atoms with Crippen LogP contribution >= 0.6 is 11.6 Å². The van der Waals surface area contributed by atoms with Gasteiger partial charge in [-0.3, -0.25) is 0 Å². The van der Waals surface area contributed by atoms with Crippen molar-refractivity contribution in [2.75, 3.05) is 5.88 Å². The molecule has 0 amide bonds. The molecule has 12 heavy (non-hydrogen) atoms. The number of allylic oxidation sites excluding steroid dienone is 6. The summed E-state index contributed by atoms with van der Waals surface area (Å²) in [7, 11) is 0. The summed E-state index contributed by atoms with van der Waals surface area (Å²) in [6.45, 7) is 4.45. The molecule has 0 bridgehead atoms. The van der Waals surface area contributed by atoms with Gasteiger partial charge in [0.15, 0.2) is 0 Å². The predicted molar refractivity (Wildman–Crippen MR) is 53.4 cm³/mol. The molecule has 0 N–H and O–H groups in total. The Bertz CT molecular complexity index is 307. The maximum Gasteiger partial charge on any atom is 0.0321 e. The van der Waals surface area contributed by atoms with E-state index in [4.69, 9.17) is 11.6 Å². The van der Waals surface area contributed by atoms with E-state index in [-0.39, 0.29) is 5.41 Å². The molecular weight excluding hydrogens is 168 g/mol. The molecule has 0 radical (unpaired) electrons. The molecule has 0 saturated carbocycles. The van der Waals surface area contributed by atoms with Gasteiger partial charge in [0.05, 0.1) is 0 Å². The van der Waals surface area contributed by atoms with Crippen LogP contribution in [0.15, 0.2) is 34.9 Å². The van der Waals surface area contributed by atoms with Gasteiger partial charge in [0, 0.05) is 11.3 Å². The summed E-state index contributed by atoms with van der Waals surface area (Å²) < 4.78 is 0. The van der Waals surface area contributed by atoms with Gasteiger partial charge < -0.3 is 0 Å². The molecule has 1 atom stereocenters. The lowest BCUT2D eigenvalue weighted by molar-refractivity contribution is 0.481. The highest BCUT2D eigenvalue weighted by Gasteiger charge is 2.37. The second-order valence-electron chi connectivity index (χ2n) is 4.00. The number of rotatable bonds is 1. The van der Waals surface area contributed by atoms with Crippen LogP contribution in [0.2, 0.25) is 0 Å². The van der Waals surface area contributed by atoms with Crippen molar-refractivity contribution in [1.29, 1.82) is 0 Å². The molecule has 0 nitrogen and oxygen atoms in total. The Morgan fingerprint density at radius 2 is 2.33 bits per heavy atom. The monoisotopic (exact) mass is 180 g/mol. The second-order valence-corrected chi connectivity index (χ2v) is 4.27. The largest absolute Gasteiger partial charge is 0.126 e. The second kappa shape index (κ2) is 2.50. The zero-order valence-corrected chi connectivity index (χ0v) is 8.28. The molecule has 0 aromatic heterocycles. The fourth-order valence-corrected chi connectivity index (χ4v) is 2.45. The summed E-state index contributed by atoms with van der Waals surface area (Å²) >= 11 is 5.99. The van der Waals surface area contributed by atoms with Gasteiger partial charge in [0.25, 0.3) is 0 Å². The number of halogens is 1. The normalized spacial score (nSPS) is 32.8. The first-order valence-electron chi connectivity index (χ1n) is 4.32. The lowest BCUT2D eigenvalue weighted by Crippen LogP contribution is -2.16. The van der Waals surface area contributed by atoms with Crippen molar-refractivity contribution in [3.05, 3.63) is 34.9 Å². The van der Waals surface area contributed by atoms with E-state index in [0.29, 0.717) is 0 Å². The van der Waals surface area contributed by atoms with Crippen LogP contribution in [0.5, 0.6) is 0 Å². The van der Waals surface area contributed by atoms with Gasteiger partial charge >= 0.3 is 0 Å². The van der Waals surface area contributed by atoms with E-state index < -0.39 is 0 Å². The van der Waals surface area contributed by atoms with Gasteiger partial charge in [-0.1, -0.05) is 30.7 Å². The first-order valence-corrected chi connectivity index (χ1v) is 4.86. The van der Waals surface area contributed by atoms with Crippen LogP contribution in [-0.2, 0) is 0 Å². The van der Waals surface area contributed by atoms with Crippen LogP contribution in [-0.4, -0.2) is 5.88 Å². The van der Waals surface area contributed by atoms with Gasteiger partial charge in [-0.05, 0) is 24.5 Å². The third-order valence-corrected chi connectivity index (χ3v) is 3.47. The summed E-state index contributed by atoms with van der Waals surface area (Å²) in [5.41, 5.74) is 4.55. The van der Waals surface area contributed by atoms with E-state index in [9.17, 15) is 0 Å². The van der Waals surface area contributed by atoms with Gasteiger partial charge in [0.2, 0.25) is 0 Å². The molecular formula is C11H13Cl. The summed E-state index contributed by atoms with van der Waals surface area (Å²) in [6.07, 6.45) is 7.65.